The van der Waals surface area contributed by atoms with E-state index in [1.807, 2.05) is 0 Å². The molecular weight excluding hydrogens is 365 g/mol. The predicted octanol–water partition coefficient (Wildman–Crippen LogP) is 2.51. The summed E-state index contributed by atoms with van der Waals surface area (Å²) in [6, 6.07) is 10.8. The second-order valence-corrected chi connectivity index (χ2v) is 5.85. The number of benzene rings is 2. The first-order valence-electron chi connectivity index (χ1n) is 8.24. The van der Waals surface area contributed by atoms with Crippen molar-refractivity contribution in [1.29, 1.82) is 0 Å². The average Bonchev–Trinajstić information content (AvgIpc) is 3.13. The molecule has 2 heterocycles. The van der Waals surface area contributed by atoms with E-state index < -0.39 is 11.7 Å². The highest BCUT2D eigenvalue weighted by Gasteiger charge is 2.15. The predicted molar refractivity (Wildman–Crippen MR) is 100 cm³/mol. The topological polar surface area (TPSA) is 102 Å². The zero-order chi connectivity index (χ0) is 19.7. The Hall–Kier alpha value is -4.01. The number of para-hydroxylation sites is 2. The molecule has 2 N–H and O–H groups in total. The number of methoxy groups -OCH3 is 1. The minimum atomic E-state index is -0.634. The van der Waals surface area contributed by atoms with Gasteiger partial charge in [-0.15, -0.1) is 0 Å². The number of rotatable bonds is 4. The van der Waals surface area contributed by atoms with Gasteiger partial charge in [-0.2, -0.15) is 5.10 Å². The molecule has 0 atom stereocenters. The highest BCUT2D eigenvalue weighted by atomic mass is 19.1. The Kier molecular flexibility index (Phi) is 4.32. The number of amides is 1. The number of aromatic amines is 1. The Morgan fingerprint density at radius 3 is 2.86 bits per heavy atom. The van der Waals surface area contributed by atoms with Gasteiger partial charge in [-0.3, -0.25) is 9.59 Å². The lowest BCUT2D eigenvalue weighted by molar-refractivity contribution is 0.102. The first kappa shape index (κ1) is 17.4. The quantitative estimate of drug-likeness (QED) is 0.567. The second kappa shape index (κ2) is 6.95. The van der Waals surface area contributed by atoms with Crippen LogP contribution in [-0.4, -0.2) is 32.8 Å². The van der Waals surface area contributed by atoms with Gasteiger partial charge < -0.3 is 15.0 Å². The van der Waals surface area contributed by atoms with Crippen LogP contribution in [0.1, 0.15) is 10.4 Å². The number of halogens is 1. The van der Waals surface area contributed by atoms with E-state index in [2.05, 4.69) is 20.4 Å². The number of nitrogens with one attached hydrogen (secondary N) is 2. The van der Waals surface area contributed by atoms with Gasteiger partial charge in [0.1, 0.15) is 5.39 Å². The fourth-order valence-corrected chi connectivity index (χ4v) is 2.80. The van der Waals surface area contributed by atoms with Crippen molar-refractivity contribution >= 4 is 22.6 Å². The lowest BCUT2D eigenvalue weighted by Crippen LogP contribution is -2.15. The summed E-state index contributed by atoms with van der Waals surface area (Å²) in [6.45, 7) is 0. The van der Waals surface area contributed by atoms with Gasteiger partial charge in [-0.25, -0.2) is 14.1 Å². The molecule has 8 nitrogen and oxygen atoms in total. The molecule has 0 aliphatic heterocycles. The molecule has 28 heavy (non-hydrogen) atoms. The number of carbonyl (C=O) groups is 1. The Labute approximate surface area is 157 Å². The number of hydrogen-bond acceptors (Lipinski definition) is 5. The number of H-pyrrole nitrogens is 1. The smallest absolute Gasteiger partial charge is 0.261 e. The van der Waals surface area contributed by atoms with Crippen LogP contribution in [0.3, 0.4) is 0 Å². The van der Waals surface area contributed by atoms with E-state index in [-0.39, 0.29) is 16.9 Å². The molecule has 140 valence electrons. The number of ether oxygens (including phenoxy) is 1. The van der Waals surface area contributed by atoms with Gasteiger partial charge in [-0.05, 0) is 30.3 Å². The summed E-state index contributed by atoms with van der Waals surface area (Å²) in [7, 11) is 1.35. The zero-order valence-electron chi connectivity index (χ0n) is 14.6. The molecule has 2 aromatic heterocycles. The molecule has 9 heteroatoms. The van der Waals surface area contributed by atoms with Crippen molar-refractivity contribution in [3.63, 3.8) is 0 Å². The van der Waals surface area contributed by atoms with Crippen LogP contribution in [0, 0.1) is 5.82 Å². The maximum Gasteiger partial charge on any atom is 0.261 e. The monoisotopic (exact) mass is 379 g/mol. The van der Waals surface area contributed by atoms with E-state index >= 15 is 0 Å². The van der Waals surface area contributed by atoms with Crippen LogP contribution in [-0.2, 0) is 0 Å². The van der Waals surface area contributed by atoms with Crippen LogP contribution in [0.5, 0.6) is 5.75 Å². The van der Waals surface area contributed by atoms with E-state index in [4.69, 9.17) is 4.74 Å². The van der Waals surface area contributed by atoms with Gasteiger partial charge in [0.05, 0.1) is 31.0 Å². The summed E-state index contributed by atoms with van der Waals surface area (Å²) in [5, 5.41) is 7.27. The Bertz CT molecular complexity index is 1250. The van der Waals surface area contributed by atoms with Crippen LogP contribution in [0.15, 0.2) is 59.8 Å². The molecule has 0 unspecified atom stereocenters. The van der Waals surface area contributed by atoms with Gasteiger partial charge >= 0.3 is 0 Å². The molecule has 0 aliphatic carbocycles. The van der Waals surface area contributed by atoms with Crippen molar-refractivity contribution in [2.45, 2.75) is 0 Å². The van der Waals surface area contributed by atoms with Crippen LogP contribution < -0.4 is 15.6 Å². The van der Waals surface area contributed by atoms with Crippen LogP contribution in [0.4, 0.5) is 10.1 Å². The van der Waals surface area contributed by atoms with E-state index in [0.717, 1.165) is 6.07 Å². The molecule has 0 spiro atoms. The lowest BCUT2D eigenvalue weighted by atomic mass is 10.2. The maximum atomic E-state index is 13.9. The maximum absolute atomic E-state index is 13.9. The molecule has 4 aromatic rings. The van der Waals surface area contributed by atoms with Crippen molar-refractivity contribution < 1.29 is 13.9 Å². The summed E-state index contributed by atoms with van der Waals surface area (Å²) in [6.07, 6.45) is 2.68. The van der Waals surface area contributed by atoms with Crippen molar-refractivity contribution in [3.05, 3.63) is 76.7 Å². The molecule has 1 amide bonds. The minimum Gasteiger partial charge on any atom is -0.494 e. The number of anilines is 1. The minimum absolute atomic E-state index is 0.0521. The summed E-state index contributed by atoms with van der Waals surface area (Å²) in [5.74, 6) is -1.09. The average molecular weight is 379 g/mol. The van der Waals surface area contributed by atoms with E-state index in [9.17, 15) is 14.0 Å². The second-order valence-electron chi connectivity index (χ2n) is 5.85. The summed E-state index contributed by atoms with van der Waals surface area (Å²) < 4.78 is 20.2. The van der Waals surface area contributed by atoms with E-state index in [1.165, 1.54) is 36.4 Å². The van der Waals surface area contributed by atoms with Crippen molar-refractivity contribution in [2.24, 2.45) is 0 Å². The van der Waals surface area contributed by atoms with Crippen molar-refractivity contribution in [2.75, 3.05) is 12.4 Å². The Balaban J connectivity index is 1.72. The van der Waals surface area contributed by atoms with Crippen LogP contribution in [0.25, 0.3) is 16.7 Å². The molecule has 0 saturated heterocycles. The first-order chi connectivity index (χ1) is 13.6. The number of hydrogen-bond donors (Lipinski definition) is 2. The van der Waals surface area contributed by atoms with E-state index in [1.54, 1.807) is 24.3 Å². The number of carbonyl (C=O) groups excluding carboxylic acids is 1. The highest BCUT2D eigenvalue weighted by Crippen LogP contribution is 2.24. The summed E-state index contributed by atoms with van der Waals surface area (Å²) in [4.78, 5) is 31.1. The zero-order valence-corrected chi connectivity index (χ0v) is 14.6. The SMILES string of the molecule is COc1ccc(C(=O)Nc2ccccc2-n2ncc3c(=O)[nH]cnc32)cc1F. The molecule has 0 saturated carbocycles. The molecule has 0 bridgehead atoms. The molecule has 0 radical (unpaired) electrons. The Morgan fingerprint density at radius 2 is 2.07 bits per heavy atom. The lowest BCUT2D eigenvalue weighted by Gasteiger charge is -2.12. The third kappa shape index (κ3) is 2.98. The fourth-order valence-electron chi connectivity index (χ4n) is 2.80. The standard InChI is InChI=1S/C19H14FN5O3/c1-28-16-7-6-11(8-13(16)20)18(26)24-14-4-2-3-5-15(14)25-17-12(9-23-25)19(27)22-10-21-17/h2-10H,1H3,(H,24,26)(H,21,22,27). The van der Waals surface area contributed by atoms with Gasteiger partial charge in [0.25, 0.3) is 11.5 Å². The summed E-state index contributed by atoms with van der Waals surface area (Å²) in [5.41, 5.74) is 1.11. The fraction of sp³-hybridized carbons (Fsp3) is 0.0526. The molecule has 0 aliphatic rings. The third-order valence-corrected chi connectivity index (χ3v) is 4.17. The van der Waals surface area contributed by atoms with Gasteiger partial charge in [-0.1, -0.05) is 12.1 Å². The molecule has 0 fully saturated rings. The number of fused-ring (bicyclic) bond motifs is 1. The van der Waals surface area contributed by atoms with Crippen molar-refractivity contribution in [1.82, 2.24) is 19.7 Å². The molecule has 4 rings (SSSR count). The number of aromatic nitrogens is 4. The summed E-state index contributed by atoms with van der Waals surface area (Å²) >= 11 is 0. The number of nitrogens with zero attached hydrogens (tertiary/aromatic N) is 3. The van der Waals surface area contributed by atoms with Gasteiger partial charge in [0, 0.05) is 5.56 Å². The van der Waals surface area contributed by atoms with E-state index in [0.29, 0.717) is 22.4 Å². The van der Waals surface area contributed by atoms with Gasteiger partial charge in [0.15, 0.2) is 17.2 Å². The van der Waals surface area contributed by atoms with Gasteiger partial charge in [0.2, 0.25) is 0 Å². The Morgan fingerprint density at radius 1 is 1.25 bits per heavy atom. The van der Waals surface area contributed by atoms with Crippen molar-refractivity contribution in [3.8, 4) is 11.4 Å². The molecular formula is C19H14FN5O3. The largest absolute Gasteiger partial charge is 0.494 e. The highest BCUT2D eigenvalue weighted by molar-refractivity contribution is 6.05. The third-order valence-electron chi connectivity index (χ3n) is 4.17. The van der Waals surface area contributed by atoms with Crippen LogP contribution in [0.2, 0.25) is 0 Å². The first-order valence-corrected chi connectivity index (χ1v) is 8.24. The normalized spacial score (nSPS) is 10.8. The molecule has 2 aromatic carbocycles. The van der Waals surface area contributed by atoms with Crippen LogP contribution >= 0.6 is 0 Å².